The monoisotopic (exact) mass is 213 g/mol. The maximum Gasteiger partial charge on any atom is 0.142 e. The smallest absolute Gasteiger partial charge is 0.142 e. The first-order chi connectivity index (χ1) is 6.65. The fraction of sp³-hybridized carbons (Fsp3) is 0.273. The molecule has 0 fully saturated rings. The summed E-state index contributed by atoms with van der Waals surface area (Å²) in [5.41, 5.74) is 6.61. The Morgan fingerprint density at radius 1 is 1.57 bits per heavy atom. The lowest BCUT2D eigenvalue weighted by molar-refractivity contribution is 0.612. The van der Waals surface area contributed by atoms with E-state index in [9.17, 15) is 4.39 Å². The molecule has 0 heterocycles. The lowest BCUT2D eigenvalue weighted by atomic mass is 10.0. The summed E-state index contributed by atoms with van der Waals surface area (Å²) < 4.78 is 13.1. The van der Waals surface area contributed by atoms with Crippen molar-refractivity contribution in [3.05, 3.63) is 47.3 Å². The van der Waals surface area contributed by atoms with Gasteiger partial charge in [-0.2, -0.15) is 0 Å². The number of hydrogen-bond donors (Lipinski definition) is 1. The second-order valence-electron chi connectivity index (χ2n) is 3.15. The molecule has 3 heteroatoms. The molecule has 0 aromatic heterocycles. The van der Waals surface area contributed by atoms with Crippen LogP contribution < -0.4 is 5.73 Å². The molecule has 76 valence electrons. The van der Waals surface area contributed by atoms with Gasteiger partial charge in [0, 0.05) is 6.04 Å². The predicted molar refractivity (Wildman–Crippen MR) is 57.8 cm³/mol. The third-order valence-electron chi connectivity index (χ3n) is 2.05. The quantitative estimate of drug-likeness (QED) is 0.762. The summed E-state index contributed by atoms with van der Waals surface area (Å²) in [5.74, 6) is -0.418. The molecule has 1 atom stereocenters. The highest BCUT2D eigenvalue weighted by Gasteiger charge is 2.07. The van der Waals surface area contributed by atoms with E-state index in [1.807, 2.05) is 0 Å². The van der Waals surface area contributed by atoms with Gasteiger partial charge in [0.15, 0.2) is 0 Å². The van der Waals surface area contributed by atoms with Gasteiger partial charge in [0.2, 0.25) is 0 Å². The Bertz CT molecular complexity index is 325. The molecule has 1 nitrogen and oxygen atoms in total. The molecule has 0 saturated carbocycles. The second kappa shape index (κ2) is 5.13. The number of hydrogen-bond acceptors (Lipinski definition) is 1. The van der Waals surface area contributed by atoms with Crippen molar-refractivity contribution in [3.8, 4) is 0 Å². The van der Waals surface area contributed by atoms with Crippen LogP contribution in [0.3, 0.4) is 0 Å². The van der Waals surface area contributed by atoms with E-state index < -0.39 is 5.82 Å². The molecule has 0 aliphatic heterocycles. The molecule has 14 heavy (non-hydrogen) atoms. The normalized spacial score (nSPS) is 12.5. The molecule has 0 aliphatic carbocycles. The van der Waals surface area contributed by atoms with Crippen LogP contribution in [-0.2, 0) is 0 Å². The zero-order chi connectivity index (χ0) is 10.6. The van der Waals surface area contributed by atoms with Crippen molar-refractivity contribution in [1.82, 2.24) is 0 Å². The molecule has 0 radical (unpaired) electrons. The minimum absolute atomic E-state index is 0.129. The van der Waals surface area contributed by atoms with Gasteiger partial charge in [0.25, 0.3) is 0 Å². The molecular formula is C11H13ClFN. The SMILES string of the molecule is C=CCC[C@@H](N)c1ccc(Cl)c(F)c1. The first-order valence-electron chi connectivity index (χ1n) is 4.46. The van der Waals surface area contributed by atoms with Crippen LogP contribution in [-0.4, -0.2) is 0 Å². The van der Waals surface area contributed by atoms with Gasteiger partial charge in [-0.15, -0.1) is 6.58 Å². The van der Waals surface area contributed by atoms with Gasteiger partial charge in [0.1, 0.15) is 5.82 Å². The Hall–Kier alpha value is -0.860. The van der Waals surface area contributed by atoms with Crippen LogP contribution in [0.4, 0.5) is 4.39 Å². The van der Waals surface area contributed by atoms with Crippen LogP contribution in [0.15, 0.2) is 30.9 Å². The average Bonchev–Trinajstić information content (AvgIpc) is 2.18. The average molecular weight is 214 g/mol. The summed E-state index contributed by atoms with van der Waals surface area (Å²) in [5, 5.41) is 0.129. The Kier molecular flexibility index (Phi) is 4.11. The van der Waals surface area contributed by atoms with Crippen molar-refractivity contribution in [2.24, 2.45) is 5.73 Å². The predicted octanol–water partition coefficient (Wildman–Crippen LogP) is 3.45. The molecule has 2 N–H and O–H groups in total. The minimum atomic E-state index is -0.418. The van der Waals surface area contributed by atoms with Crippen molar-refractivity contribution in [3.63, 3.8) is 0 Å². The Labute approximate surface area is 88.4 Å². The van der Waals surface area contributed by atoms with Crippen LogP contribution >= 0.6 is 11.6 Å². The minimum Gasteiger partial charge on any atom is -0.324 e. The van der Waals surface area contributed by atoms with Gasteiger partial charge in [-0.3, -0.25) is 0 Å². The molecule has 1 aromatic rings. The Balaban J connectivity index is 2.75. The highest BCUT2D eigenvalue weighted by Crippen LogP contribution is 2.21. The van der Waals surface area contributed by atoms with E-state index in [0.717, 1.165) is 18.4 Å². The van der Waals surface area contributed by atoms with Crippen molar-refractivity contribution in [1.29, 1.82) is 0 Å². The molecule has 0 spiro atoms. The van der Waals surface area contributed by atoms with Gasteiger partial charge in [-0.1, -0.05) is 23.7 Å². The lowest BCUT2D eigenvalue weighted by Crippen LogP contribution is -2.09. The number of rotatable bonds is 4. The van der Waals surface area contributed by atoms with Crippen LogP contribution in [0, 0.1) is 5.82 Å². The maximum atomic E-state index is 13.1. The topological polar surface area (TPSA) is 26.0 Å². The second-order valence-corrected chi connectivity index (χ2v) is 3.55. The van der Waals surface area contributed by atoms with E-state index >= 15 is 0 Å². The largest absolute Gasteiger partial charge is 0.324 e. The summed E-state index contributed by atoms with van der Waals surface area (Å²) in [4.78, 5) is 0. The summed E-state index contributed by atoms with van der Waals surface area (Å²) in [6.45, 7) is 3.61. The van der Waals surface area contributed by atoms with Gasteiger partial charge in [-0.05, 0) is 30.5 Å². The number of halogens is 2. The number of nitrogens with two attached hydrogens (primary N) is 1. The van der Waals surface area contributed by atoms with Gasteiger partial charge < -0.3 is 5.73 Å². The highest BCUT2D eigenvalue weighted by molar-refractivity contribution is 6.30. The van der Waals surface area contributed by atoms with Crippen LogP contribution in [0.2, 0.25) is 5.02 Å². The van der Waals surface area contributed by atoms with Crippen molar-refractivity contribution in [2.45, 2.75) is 18.9 Å². The Morgan fingerprint density at radius 3 is 2.86 bits per heavy atom. The maximum absolute atomic E-state index is 13.1. The van der Waals surface area contributed by atoms with Crippen molar-refractivity contribution in [2.75, 3.05) is 0 Å². The highest BCUT2D eigenvalue weighted by atomic mass is 35.5. The fourth-order valence-electron chi connectivity index (χ4n) is 1.21. The van der Waals surface area contributed by atoms with E-state index in [4.69, 9.17) is 17.3 Å². The molecule has 0 bridgehead atoms. The third-order valence-corrected chi connectivity index (χ3v) is 2.36. The van der Waals surface area contributed by atoms with Gasteiger partial charge in [0.05, 0.1) is 5.02 Å². The standard InChI is InChI=1S/C11H13ClFN/c1-2-3-4-11(14)8-5-6-9(12)10(13)7-8/h2,5-7,11H,1,3-4,14H2/t11-/m1/s1. The summed E-state index contributed by atoms with van der Waals surface area (Å²) in [6, 6.07) is 4.51. The first kappa shape index (κ1) is 11.2. The molecule has 0 amide bonds. The van der Waals surface area contributed by atoms with Gasteiger partial charge in [-0.25, -0.2) is 4.39 Å². The molecule has 0 aliphatic rings. The summed E-state index contributed by atoms with van der Waals surface area (Å²) >= 11 is 5.56. The lowest BCUT2D eigenvalue weighted by Gasteiger charge is -2.10. The Morgan fingerprint density at radius 2 is 2.29 bits per heavy atom. The van der Waals surface area contributed by atoms with E-state index in [0.29, 0.717) is 0 Å². The van der Waals surface area contributed by atoms with Crippen molar-refractivity contribution < 1.29 is 4.39 Å². The summed E-state index contributed by atoms with van der Waals surface area (Å²) in [6.07, 6.45) is 3.39. The zero-order valence-corrected chi connectivity index (χ0v) is 8.60. The third kappa shape index (κ3) is 2.82. The molecule has 0 saturated heterocycles. The van der Waals surface area contributed by atoms with Crippen molar-refractivity contribution >= 4 is 11.6 Å². The van der Waals surface area contributed by atoms with Crippen LogP contribution in [0.5, 0.6) is 0 Å². The molecule has 1 rings (SSSR count). The fourth-order valence-corrected chi connectivity index (χ4v) is 1.32. The first-order valence-corrected chi connectivity index (χ1v) is 4.84. The van der Waals surface area contributed by atoms with E-state index in [2.05, 4.69) is 6.58 Å². The van der Waals surface area contributed by atoms with Gasteiger partial charge >= 0.3 is 0 Å². The number of benzene rings is 1. The van der Waals surface area contributed by atoms with Crippen LogP contribution in [0.1, 0.15) is 24.4 Å². The zero-order valence-electron chi connectivity index (χ0n) is 7.84. The van der Waals surface area contributed by atoms with E-state index in [-0.39, 0.29) is 11.1 Å². The summed E-state index contributed by atoms with van der Waals surface area (Å²) in [7, 11) is 0. The van der Waals surface area contributed by atoms with E-state index in [1.165, 1.54) is 12.1 Å². The van der Waals surface area contributed by atoms with E-state index in [1.54, 1.807) is 12.1 Å². The van der Waals surface area contributed by atoms with Crippen LogP contribution in [0.25, 0.3) is 0 Å². The number of allylic oxidation sites excluding steroid dienone is 1. The molecule has 1 aromatic carbocycles. The molecule has 0 unspecified atom stereocenters. The molecular weight excluding hydrogens is 201 g/mol.